The molecular weight excluding hydrogens is 288 g/mol. The molecule has 4 rings (SSSR count). The van der Waals surface area contributed by atoms with Crippen LogP contribution in [-0.4, -0.2) is 16.1 Å². The van der Waals surface area contributed by atoms with Crippen molar-refractivity contribution in [1.29, 1.82) is 0 Å². The van der Waals surface area contributed by atoms with Crippen LogP contribution in [0, 0.1) is 6.92 Å². The number of fused-ring (bicyclic) bond motifs is 1. The Bertz CT molecular complexity index is 997. The first-order chi connectivity index (χ1) is 11.3. The highest BCUT2D eigenvalue weighted by molar-refractivity contribution is 5.91. The second-order valence-corrected chi connectivity index (χ2v) is 5.38. The van der Waals surface area contributed by atoms with Crippen LogP contribution in [0.25, 0.3) is 28.1 Å². The van der Waals surface area contributed by atoms with E-state index in [0.29, 0.717) is 17.0 Å². The molecule has 4 heteroatoms. The van der Waals surface area contributed by atoms with Gasteiger partial charge in [0.15, 0.2) is 12.0 Å². The van der Waals surface area contributed by atoms with Crippen molar-refractivity contribution >= 4 is 17.3 Å². The summed E-state index contributed by atoms with van der Waals surface area (Å²) >= 11 is 0. The zero-order valence-electron chi connectivity index (χ0n) is 12.6. The zero-order valence-corrected chi connectivity index (χ0v) is 12.6. The second-order valence-electron chi connectivity index (χ2n) is 5.38. The maximum Gasteiger partial charge on any atom is 0.159 e. The molecule has 0 atom stereocenters. The van der Waals surface area contributed by atoms with E-state index in [0.717, 1.165) is 28.5 Å². The molecule has 0 unspecified atom stereocenters. The molecule has 2 heterocycles. The van der Waals surface area contributed by atoms with E-state index in [9.17, 15) is 4.79 Å². The predicted molar refractivity (Wildman–Crippen MR) is 88.9 cm³/mol. The number of carbonyl (C=O) groups excluding carboxylic acids is 1. The number of furan rings is 1. The molecule has 0 bridgehead atoms. The summed E-state index contributed by atoms with van der Waals surface area (Å²) in [7, 11) is 0. The summed E-state index contributed by atoms with van der Waals surface area (Å²) in [6, 6.07) is 17.5. The number of rotatable bonds is 3. The standard InChI is InChI=1S/C19H14N2O2/c1-13-16-9-5-6-10-17(16)23-19(13)18-14(12-22)11-21(20-18)15-7-3-2-4-8-15/h2-12H,1H3. The first kappa shape index (κ1) is 13.5. The molecule has 0 N–H and O–H groups in total. The highest BCUT2D eigenvalue weighted by Gasteiger charge is 2.19. The number of benzene rings is 2. The highest BCUT2D eigenvalue weighted by Crippen LogP contribution is 2.33. The molecule has 0 spiro atoms. The van der Waals surface area contributed by atoms with E-state index in [1.54, 1.807) is 10.9 Å². The normalized spacial score (nSPS) is 11.0. The van der Waals surface area contributed by atoms with Crippen LogP contribution in [0.3, 0.4) is 0 Å². The molecule has 0 fully saturated rings. The van der Waals surface area contributed by atoms with Gasteiger partial charge < -0.3 is 4.42 Å². The Hall–Kier alpha value is -3.14. The summed E-state index contributed by atoms with van der Waals surface area (Å²) in [5.41, 5.74) is 3.76. The molecule has 4 nitrogen and oxygen atoms in total. The second kappa shape index (κ2) is 5.25. The van der Waals surface area contributed by atoms with Gasteiger partial charge in [0.25, 0.3) is 0 Å². The highest BCUT2D eigenvalue weighted by atomic mass is 16.3. The fourth-order valence-electron chi connectivity index (χ4n) is 2.76. The van der Waals surface area contributed by atoms with Crippen molar-refractivity contribution in [2.45, 2.75) is 6.92 Å². The fraction of sp³-hybridized carbons (Fsp3) is 0.0526. The van der Waals surface area contributed by atoms with Crippen LogP contribution in [0.1, 0.15) is 15.9 Å². The summed E-state index contributed by atoms with van der Waals surface area (Å²) in [4.78, 5) is 11.5. The van der Waals surface area contributed by atoms with Gasteiger partial charge >= 0.3 is 0 Å². The van der Waals surface area contributed by atoms with Gasteiger partial charge in [0.2, 0.25) is 0 Å². The fourth-order valence-corrected chi connectivity index (χ4v) is 2.76. The summed E-state index contributed by atoms with van der Waals surface area (Å²) in [5, 5.41) is 5.61. The SMILES string of the molecule is Cc1c(-c2nn(-c3ccccc3)cc2C=O)oc2ccccc12. The molecule has 112 valence electrons. The van der Waals surface area contributed by atoms with Gasteiger partial charge in [-0.3, -0.25) is 4.79 Å². The lowest BCUT2D eigenvalue weighted by atomic mass is 10.1. The Balaban J connectivity index is 1.92. The lowest BCUT2D eigenvalue weighted by Crippen LogP contribution is -1.94. The first-order valence-electron chi connectivity index (χ1n) is 7.36. The number of aromatic nitrogens is 2. The lowest BCUT2D eigenvalue weighted by Gasteiger charge is -1.99. The summed E-state index contributed by atoms with van der Waals surface area (Å²) in [6.07, 6.45) is 2.54. The molecule has 0 saturated heterocycles. The van der Waals surface area contributed by atoms with Gasteiger partial charge in [-0.1, -0.05) is 36.4 Å². The Morgan fingerprint density at radius 3 is 2.52 bits per heavy atom. The third-order valence-corrected chi connectivity index (χ3v) is 3.95. The van der Waals surface area contributed by atoms with E-state index in [4.69, 9.17) is 4.42 Å². The van der Waals surface area contributed by atoms with Crippen LogP contribution < -0.4 is 0 Å². The van der Waals surface area contributed by atoms with Gasteiger partial charge in [0.1, 0.15) is 11.3 Å². The van der Waals surface area contributed by atoms with Crippen molar-refractivity contribution in [3.63, 3.8) is 0 Å². The molecule has 0 saturated carbocycles. The molecule has 4 aromatic rings. The minimum Gasteiger partial charge on any atom is -0.454 e. The predicted octanol–water partition coefficient (Wildman–Crippen LogP) is 4.41. The van der Waals surface area contributed by atoms with Gasteiger partial charge in [-0.2, -0.15) is 5.10 Å². The van der Waals surface area contributed by atoms with Gasteiger partial charge in [0.05, 0.1) is 11.3 Å². The van der Waals surface area contributed by atoms with E-state index >= 15 is 0 Å². The van der Waals surface area contributed by atoms with E-state index in [2.05, 4.69) is 5.10 Å². The lowest BCUT2D eigenvalue weighted by molar-refractivity contribution is 0.112. The number of aryl methyl sites for hydroxylation is 1. The summed E-state index contributed by atoms with van der Waals surface area (Å²) in [5.74, 6) is 0.642. The van der Waals surface area contributed by atoms with Crippen molar-refractivity contribution in [2.24, 2.45) is 0 Å². The van der Waals surface area contributed by atoms with Crippen molar-refractivity contribution in [1.82, 2.24) is 9.78 Å². The Kier molecular flexibility index (Phi) is 3.08. The monoisotopic (exact) mass is 302 g/mol. The molecule has 0 radical (unpaired) electrons. The molecule has 23 heavy (non-hydrogen) atoms. The Labute approximate surface area is 133 Å². The first-order valence-corrected chi connectivity index (χ1v) is 7.36. The molecule has 0 aliphatic carbocycles. The quantitative estimate of drug-likeness (QED) is 0.527. The van der Waals surface area contributed by atoms with Gasteiger partial charge in [-0.05, 0) is 25.1 Å². The number of nitrogens with zero attached hydrogens (tertiary/aromatic N) is 2. The maximum atomic E-state index is 11.5. The minimum atomic E-state index is 0.510. The number of hydrogen-bond acceptors (Lipinski definition) is 3. The van der Waals surface area contributed by atoms with E-state index in [1.165, 1.54) is 0 Å². The zero-order chi connectivity index (χ0) is 15.8. The largest absolute Gasteiger partial charge is 0.454 e. The number of hydrogen-bond donors (Lipinski definition) is 0. The molecule has 0 aliphatic heterocycles. The number of para-hydroxylation sites is 2. The van der Waals surface area contributed by atoms with Crippen LogP contribution >= 0.6 is 0 Å². The third kappa shape index (κ3) is 2.16. The van der Waals surface area contributed by atoms with Crippen molar-refractivity contribution in [3.05, 3.63) is 71.9 Å². The topological polar surface area (TPSA) is 48.0 Å². The summed E-state index contributed by atoms with van der Waals surface area (Å²) < 4.78 is 7.64. The van der Waals surface area contributed by atoms with E-state index < -0.39 is 0 Å². The van der Waals surface area contributed by atoms with Crippen LogP contribution in [0.15, 0.2) is 65.2 Å². The number of aldehydes is 1. The smallest absolute Gasteiger partial charge is 0.159 e. The molecule has 0 amide bonds. The maximum absolute atomic E-state index is 11.5. The van der Waals surface area contributed by atoms with Crippen LogP contribution in [-0.2, 0) is 0 Å². The third-order valence-electron chi connectivity index (χ3n) is 3.95. The van der Waals surface area contributed by atoms with Gasteiger partial charge in [0, 0.05) is 17.1 Å². The Morgan fingerprint density at radius 1 is 1.04 bits per heavy atom. The minimum absolute atomic E-state index is 0.510. The average Bonchev–Trinajstić information content (AvgIpc) is 3.17. The van der Waals surface area contributed by atoms with Gasteiger partial charge in [-0.25, -0.2) is 4.68 Å². The van der Waals surface area contributed by atoms with Crippen LogP contribution in [0.4, 0.5) is 0 Å². The van der Waals surface area contributed by atoms with Gasteiger partial charge in [-0.15, -0.1) is 0 Å². The van der Waals surface area contributed by atoms with Crippen LogP contribution in [0.2, 0.25) is 0 Å². The van der Waals surface area contributed by atoms with E-state index in [-0.39, 0.29) is 0 Å². The van der Waals surface area contributed by atoms with Crippen LogP contribution in [0.5, 0.6) is 0 Å². The molecule has 0 aliphatic rings. The molecule has 2 aromatic carbocycles. The molecular formula is C19H14N2O2. The van der Waals surface area contributed by atoms with Crippen molar-refractivity contribution < 1.29 is 9.21 Å². The van der Waals surface area contributed by atoms with Crippen molar-refractivity contribution in [2.75, 3.05) is 0 Å². The van der Waals surface area contributed by atoms with Crippen molar-refractivity contribution in [3.8, 4) is 17.1 Å². The summed E-state index contributed by atoms with van der Waals surface area (Å²) in [6.45, 7) is 1.98. The average molecular weight is 302 g/mol. The Morgan fingerprint density at radius 2 is 1.78 bits per heavy atom. The molecule has 2 aromatic heterocycles. The number of carbonyl (C=O) groups is 1. The van der Waals surface area contributed by atoms with E-state index in [1.807, 2.05) is 61.5 Å².